The van der Waals surface area contributed by atoms with Crippen molar-refractivity contribution in [3.8, 4) is 0 Å². The van der Waals surface area contributed by atoms with E-state index in [1.165, 1.54) is 0 Å². The summed E-state index contributed by atoms with van der Waals surface area (Å²) < 4.78 is 4.76. The van der Waals surface area contributed by atoms with Gasteiger partial charge < -0.3 is 10.1 Å². The van der Waals surface area contributed by atoms with E-state index in [1.54, 1.807) is 25.8 Å². The number of nitrogens with zero attached hydrogens (tertiary/aromatic N) is 1. The number of likely N-dealkylation sites (N-methyl/N-ethyl adjacent to an activating group) is 1. The van der Waals surface area contributed by atoms with Gasteiger partial charge in [-0.1, -0.05) is 0 Å². The second-order valence-corrected chi connectivity index (χ2v) is 3.70. The van der Waals surface area contributed by atoms with Crippen molar-refractivity contribution in [3.05, 3.63) is 0 Å². The summed E-state index contributed by atoms with van der Waals surface area (Å²) in [7, 11) is 1.69. The van der Waals surface area contributed by atoms with Crippen LogP contribution in [0.2, 0.25) is 0 Å². The molecule has 0 fully saturated rings. The molecule has 7 heteroatoms. The van der Waals surface area contributed by atoms with Gasteiger partial charge in [-0.05, 0) is 20.9 Å². The van der Waals surface area contributed by atoms with Gasteiger partial charge in [-0.15, -0.1) is 0 Å². The van der Waals surface area contributed by atoms with Crippen molar-refractivity contribution in [2.24, 2.45) is 0 Å². The van der Waals surface area contributed by atoms with Crippen molar-refractivity contribution < 1.29 is 19.1 Å². The number of imide groups is 1. The number of nitrogens with one attached hydrogen (secondary N) is 2. The van der Waals surface area contributed by atoms with Crippen molar-refractivity contribution in [2.45, 2.75) is 20.3 Å². The van der Waals surface area contributed by atoms with Crippen molar-refractivity contribution in [3.63, 3.8) is 0 Å². The first-order chi connectivity index (χ1) is 8.49. The minimum Gasteiger partial charge on any atom is -0.466 e. The summed E-state index contributed by atoms with van der Waals surface area (Å²) >= 11 is 0. The molecule has 0 spiro atoms. The van der Waals surface area contributed by atoms with E-state index in [1.807, 2.05) is 0 Å². The lowest BCUT2D eigenvalue weighted by Crippen LogP contribution is -2.44. The van der Waals surface area contributed by atoms with Crippen LogP contribution in [-0.2, 0) is 14.3 Å². The van der Waals surface area contributed by atoms with Gasteiger partial charge in [0.1, 0.15) is 0 Å². The molecule has 0 bridgehead atoms. The van der Waals surface area contributed by atoms with E-state index in [9.17, 15) is 14.4 Å². The number of rotatable bonds is 7. The molecule has 3 amide bonds. The second-order valence-electron chi connectivity index (χ2n) is 3.70. The van der Waals surface area contributed by atoms with Gasteiger partial charge in [-0.2, -0.15) is 0 Å². The fourth-order valence-corrected chi connectivity index (χ4v) is 1.21. The van der Waals surface area contributed by atoms with Crippen LogP contribution in [0.15, 0.2) is 0 Å². The molecule has 0 rings (SSSR count). The van der Waals surface area contributed by atoms with Gasteiger partial charge in [-0.25, -0.2) is 4.79 Å². The van der Waals surface area contributed by atoms with Crippen LogP contribution >= 0.6 is 0 Å². The lowest BCUT2D eigenvalue weighted by atomic mass is 10.4. The van der Waals surface area contributed by atoms with Crippen LogP contribution in [0.25, 0.3) is 0 Å². The summed E-state index contributed by atoms with van der Waals surface area (Å²) in [4.78, 5) is 35.2. The zero-order valence-electron chi connectivity index (χ0n) is 11.1. The third-order valence-corrected chi connectivity index (χ3v) is 2.01. The zero-order valence-corrected chi connectivity index (χ0v) is 11.1. The predicted molar refractivity (Wildman–Crippen MR) is 66.0 cm³/mol. The first kappa shape index (κ1) is 16.4. The standard InChI is InChI=1S/C11H21N3O4/c1-4-12-11(17)13-9(15)8-14(3)7-6-10(16)18-5-2/h4-8H2,1-3H3,(H2,12,13,15,17). The topological polar surface area (TPSA) is 87.7 Å². The molecule has 18 heavy (non-hydrogen) atoms. The van der Waals surface area contributed by atoms with Gasteiger partial charge in [-0.3, -0.25) is 19.8 Å². The maximum atomic E-state index is 11.4. The summed E-state index contributed by atoms with van der Waals surface area (Å²) in [6.07, 6.45) is 0.221. The van der Waals surface area contributed by atoms with Crippen molar-refractivity contribution in [1.82, 2.24) is 15.5 Å². The number of carbonyl (C=O) groups is 3. The molecule has 0 aromatic carbocycles. The number of hydrogen-bond acceptors (Lipinski definition) is 5. The Kier molecular flexibility index (Phi) is 8.55. The summed E-state index contributed by atoms with van der Waals surface area (Å²) in [5.41, 5.74) is 0. The highest BCUT2D eigenvalue weighted by atomic mass is 16.5. The van der Waals surface area contributed by atoms with E-state index in [0.717, 1.165) is 0 Å². The zero-order chi connectivity index (χ0) is 14.0. The number of esters is 1. The number of amides is 3. The molecule has 104 valence electrons. The number of urea groups is 1. The Hall–Kier alpha value is -1.63. The van der Waals surface area contributed by atoms with Crippen molar-refractivity contribution in [1.29, 1.82) is 0 Å². The third kappa shape index (κ3) is 8.51. The Morgan fingerprint density at radius 1 is 1.22 bits per heavy atom. The Bertz CT molecular complexity index is 294. The number of ether oxygens (including phenoxy) is 1. The Balaban J connectivity index is 3.80. The quantitative estimate of drug-likeness (QED) is 0.614. The highest BCUT2D eigenvalue weighted by molar-refractivity contribution is 5.95. The lowest BCUT2D eigenvalue weighted by Gasteiger charge is -2.15. The first-order valence-corrected chi connectivity index (χ1v) is 5.91. The molecular weight excluding hydrogens is 238 g/mol. The minimum atomic E-state index is -0.513. The average Bonchev–Trinajstić information content (AvgIpc) is 2.26. The highest BCUT2D eigenvalue weighted by Gasteiger charge is 2.11. The minimum absolute atomic E-state index is 0.0521. The monoisotopic (exact) mass is 259 g/mol. The molecule has 0 aliphatic rings. The van der Waals surface area contributed by atoms with Gasteiger partial charge in [0.25, 0.3) is 0 Å². The van der Waals surface area contributed by atoms with Gasteiger partial charge in [0, 0.05) is 13.1 Å². The van der Waals surface area contributed by atoms with Crippen LogP contribution in [0.3, 0.4) is 0 Å². The average molecular weight is 259 g/mol. The largest absolute Gasteiger partial charge is 0.466 e. The van der Waals surface area contributed by atoms with Crippen molar-refractivity contribution in [2.75, 3.05) is 33.3 Å². The maximum absolute atomic E-state index is 11.4. The van der Waals surface area contributed by atoms with Gasteiger partial charge in [0.2, 0.25) is 5.91 Å². The maximum Gasteiger partial charge on any atom is 0.321 e. The SMILES string of the molecule is CCNC(=O)NC(=O)CN(C)CCC(=O)OCC. The van der Waals surface area contributed by atoms with Gasteiger partial charge in [0.15, 0.2) is 0 Å². The van der Waals surface area contributed by atoms with Gasteiger partial charge in [0.05, 0.1) is 19.6 Å². The summed E-state index contributed by atoms with van der Waals surface area (Å²) in [6, 6.07) is -0.513. The number of hydrogen-bond donors (Lipinski definition) is 2. The van der Waals surface area contributed by atoms with Crippen LogP contribution in [0.5, 0.6) is 0 Å². The van der Waals surface area contributed by atoms with Gasteiger partial charge >= 0.3 is 12.0 Å². The summed E-state index contributed by atoms with van der Waals surface area (Å²) in [5, 5.41) is 4.63. The molecule has 0 aromatic heterocycles. The predicted octanol–water partition coefficient (Wildman–Crippen LogP) is -0.283. The molecule has 0 aliphatic heterocycles. The van der Waals surface area contributed by atoms with E-state index < -0.39 is 11.9 Å². The molecule has 0 radical (unpaired) electrons. The Morgan fingerprint density at radius 2 is 1.89 bits per heavy atom. The van der Waals surface area contributed by atoms with Crippen molar-refractivity contribution >= 4 is 17.9 Å². The molecular formula is C11H21N3O4. The van der Waals surface area contributed by atoms with E-state index in [-0.39, 0.29) is 18.9 Å². The number of carbonyl (C=O) groups excluding carboxylic acids is 3. The van der Waals surface area contributed by atoms with E-state index >= 15 is 0 Å². The highest BCUT2D eigenvalue weighted by Crippen LogP contribution is 1.91. The smallest absolute Gasteiger partial charge is 0.321 e. The molecule has 7 nitrogen and oxygen atoms in total. The molecule has 0 aromatic rings. The molecule has 0 saturated carbocycles. The van der Waals surface area contributed by atoms with Crippen LogP contribution < -0.4 is 10.6 Å². The fraction of sp³-hybridized carbons (Fsp3) is 0.727. The molecule has 0 heterocycles. The Morgan fingerprint density at radius 3 is 2.44 bits per heavy atom. The summed E-state index contributed by atoms with van der Waals surface area (Å²) in [6.45, 7) is 4.76. The van der Waals surface area contributed by atoms with Crippen LogP contribution in [0, 0.1) is 0 Å². The Labute approximate surface area is 107 Å². The van der Waals surface area contributed by atoms with E-state index in [2.05, 4.69) is 10.6 Å². The first-order valence-electron chi connectivity index (χ1n) is 5.91. The van der Waals surface area contributed by atoms with Crippen LogP contribution in [0.4, 0.5) is 4.79 Å². The molecule has 0 atom stereocenters. The molecule has 0 saturated heterocycles. The third-order valence-electron chi connectivity index (χ3n) is 2.01. The normalized spacial score (nSPS) is 10.0. The molecule has 2 N–H and O–H groups in total. The van der Waals surface area contributed by atoms with E-state index in [4.69, 9.17) is 4.74 Å². The van der Waals surface area contributed by atoms with E-state index in [0.29, 0.717) is 19.7 Å². The van der Waals surface area contributed by atoms with Crippen LogP contribution in [-0.4, -0.2) is 56.1 Å². The molecule has 0 unspecified atom stereocenters. The lowest BCUT2D eigenvalue weighted by molar-refractivity contribution is -0.143. The van der Waals surface area contributed by atoms with Crippen LogP contribution in [0.1, 0.15) is 20.3 Å². The fourth-order valence-electron chi connectivity index (χ4n) is 1.21. The molecule has 0 aliphatic carbocycles. The summed E-state index contributed by atoms with van der Waals surface area (Å²) in [5.74, 6) is -0.708. The second kappa shape index (κ2) is 9.41.